The van der Waals surface area contributed by atoms with E-state index in [1.807, 2.05) is 93.6 Å². The van der Waals surface area contributed by atoms with Gasteiger partial charge in [-0.1, -0.05) is 51.3 Å². The van der Waals surface area contributed by atoms with Crippen LogP contribution in [0.5, 0.6) is 11.5 Å². The van der Waals surface area contributed by atoms with E-state index in [9.17, 15) is 14.4 Å². The zero-order chi connectivity index (χ0) is 38.8. The van der Waals surface area contributed by atoms with Crippen LogP contribution in [0.2, 0.25) is 0 Å². The van der Waals surface area contributed by atoms with Crippen LogP contribution in [-0.2, 0) is 4.74 Å². The third-order valence-corrected chi connectivity index (χ3v) is 10.7. The number of piperidine rings is 2. The molecule has 10 heteroatoms. The smallest absolute Gasteiger partial charge is 0.410 e. The van der Waals surface area contributed by atoms with E-state index in [0.717, 1.165) is 48.2 Å². The Labute approximate surface area is 336 Å². The van der Waals surface area contributed by atoms with Crippen LogP contribution in [0.15, 0.2) is 84.9 Å². The fourth-order valence-corrected chi connectivity index (χ4v) is 7.75. The van der Waals surface area contributed by atoms with Gasteiger partial charge in [-0.25, -0.2) is 4.79 Å². The summed E-state index contributed by atoms with van der Waals surface area (Å²) in [6.07, 6.45) is 3.32. The van der Waals surface area contributed by atoms with E-state index in [0.29, 0.717) is 72.5 Å². The average Bonchev–Trinajstić information content (AvgIpc) is 3.18. The van der Waals surface area contributed by atoms with E-state index in [-0.39, 0.29) is 38.1 Å². The number of nitrogens with one attached hydrogen (secondary N) is 1. The second-order valence-electron chi connectivity index (χ2n) is 15.8. The number of carbonyl (C=O) groups is 3. The molecule has 57 heavy (non-hydrogen) atoms. The minimum Gasteiger partial charge on any atom is -0.486 e. The van der Waals surface area contributed by atoms with E-state index in [1.165, 1.54) is 0 Å². The van der Waals surface area contributed by atoms with Crippen molar-refractivity contribution in [1.29, 1.82) is 10.5 Å². The van der Waals surface area contributed by atoms with Gasteiger partial charge >= 0.3 is 6.09 Å². The Morgan fingerprint density at radius 2 is 1.12 bits per heavy atom. The SMILES string of the molecule is C.C.CC(C)(C)OC(=O)N1CCC2(CC1)CC(=O)c1cc(-c3cccc(C#N)c3)ccc1O2.N#Cc1cccc(-c2ccc3c(c2)C(=O)CC2(CCNCC2)O3)c1. The molecule has 8 rings (SSSR count). The van der Waals surface area contributed by atoms with Crippen LogP contribution in [0.1, 0.15) is 106 Å². The van der Waals surface area contributed by atoms with Crippen molar-refractivity contribution in [3.05, 3.63) is 107 Å². The highest BCUT2D eigenvalue weighted by Crippen LogP contribution is 2.42. The summed E-state index contributed by atoms with van der Waals surface area (Å²) in [4.78, 5) is 39.8. The highest BCUT2D eigenvalue weighted by Gasteiger charge is 2.45. The predicted octanol–water partition coefficient (Wildman–Crippen LogP) is 9.55. The van der Waals surface area contributed by atoms with E-state index < -0.39 is 11.2 Å². The molecule has 4 aromatic rings. The van der Waals surface area contributed by atoms with Crippen LogP contribution in [0.25, 0.3) is 22.3 Å². The second kappa shape index (κ2) is 17.0. The van der Waals surface area contributed by atoms with Gasteiger partial charge in [0.15, 0.2) is 11.6 Å². The lowest BCUT2D eigenvalue weighted by molar-refractivity contribution is -0.0226. The lowest BCUT2D eigenvalue weighted by Gasteiger charge is -2.44. The van der Waals surface area contributed by atoms with Gasteiger partial charge in [0, 0.05) is 38.8 Å². The molecule has 296 valence electrons. The molecular formula is C47H52N4O6. The molecule has 4 heterocycles. The summed E-state index contributed by atoms with van der Waals surface area (Å²) in [6, 6.07) is 30.4. The molecule has 1 N–H and O–H groups in total. The van der Waals surface area contributed by atoms with Crippen LogP contribution >= 0.6 is 0 Å². The number of carbonyl (C=O) groups excluding carboxylic acids is 3. The maximum atomic E-state index is 13.0. The number of ketones is 2. The number of hydrogen-bond acceptors (Lipinski definition) is 9. The van der Waals surface area contributed by atoms with Gasteiger partial charge in [0.25, 0.3) is 0 Å². The number of hydrogen-bond donors (Lipinski definition) is 1. The minimum absolute atomic E-state index is 0. The molecule has 1 amide bonds. The number of nitrogens with zero attached hydrogens (tertiary/aromatic N) is 3. The zero-order valence-electron chi connectivity index (χ0n) is 31.4. The van der Waals surface area contributed by atoms with Crippen molar-refractivity contribution in [2.24, 2.45) is 0 Å². The van der Waals surface area contributed by atoms with Crippen molar-refractivity contribution in [3.8, 4) is 45.9 Å². The number of fused-ring (bicyclic) bond motifs is 2. The molecule has 4 aliphatic heterocycles. The van der Waals surface area contributed by atoms with Crippen molar-refractivity contribution in [1.82, 2.24) is 10.2 Å². The van der Waals surface area contributed by atoms with Gasteiger partial charge in [0.1, 0.15) is 28.3 Å². The maximum absolute atomic E-state index is 13.0. The van der Waals surface area contributed by atoms with Crippen LogP contribution in [0.3, 0.4) is 0 Å². The molecule has 0 saturated carbocycles. The number of rotatable bonds is 2. The lowest BCUT2D eigenvalue weighted by Crippen LogP contribution is -2.52. The van der Waals surface area contributed by atoms with Crippen LogP contribution < -0.4 is 14.8 Å². The van der Waals surface area contributed by atoms with Crippen LogP contribution in [0.4, 0.5) is 4.79 Å². The van der Waals surface area contributed by atoms with Gasteiger partial charge in [-0.2, -0.15) is 10.5 Å². The van der Waals surface area contributed by atoms with Crippen molar-refractivity contribution in [2.75, 3.05) is 26.2 Å². The molecule has 2 saturated heterocycles. The van der Waals surface area contributed by atoms with Crippen molar-refractivity contribution < 1.29 is 28.6 Å². The summed E-state index contributed by atoms with van der Waals surface area (Å²) >= 11 is 0. The number of benzene rings is 4. The van der Waals surface area contributed by atoms with Gasteiger partial charge in [-0.3, -0.25) is 9.59 Å². The van der Waals surface area contributed by atoms with Gasteiger partial charge in [0.2, 0.25) is 0 Å². The Bertz CT molecular complexity index is 2230. The first kappa shape index (κ1) is 42.2. The molecule has 0 aliphatic carbocycles. The first-order valence-corrected chi connectivity index (χ1v) is 18.8. The summed E-state index contributed by atoms with van der Waals surface area (Å²) in [5.74, 6) is 1.47. The Morgan fingerprint density at radius 3 is 1.56 bits per heavy atom. The van der Waals surface area contributed by atoms with Crippen molar-refractivity contribution in [2.45, 2.75) is 91.0 Å². The number of Topliss-reactive ketones (excluding diaryl/α,β-unsaturated/α-hetero) is 2. The average molecular weight is 769 g/mol. The number of amides is 1. The lowest BCUT2D eigenvalue weighted by atomic mass is 9.82. The zero-order valence-corrected chi connectivity index (χ0v) is 31.4. The Balaban J connectivity index is 0.000000216. The normalized spacial score (nSPS) is 17.3. The van der Waals surface area contributed by atoms with Crippen LogP contribution in [0, 0.1) is 22.7 Å². The maximum Gasteiger partial charge on any atom is 0.410 e. The highest BCUT2D eigenvalue weighted by molar-refractivity contribution is 6.02. The molecule has 0 atom stereocenters. The molecule has 4 aliphatic rings. The first-order chi connectivity index (χ1) is 26.4. The van der Waals surface area contributed by atoms with Gasteiger partial charge in [-0.15, -0.1) is 0 Å². The van der Waals surface area contributed by atoms with E-state index >= 15 is 0 Å². The Kier molecular flexibility index (Phi) is 12.6. The van der Waals surface area contributed by atoms with Crippen molar-refractivity contribution in [3.63, 3.8) is 0 Å². The molecule has 0 unspecified atom stereocenters. The second-order valence-corrected chi connectivity index (χ2v) is 15.8. The van der Waals surface area contributed by atoms with Crippen molar-refractivity contribution >= 4 is 17.7 Å². The molecule has 0 radical (unpaired) electrons. The molecule has 4 aromatic carbocycles. The molecule has 0 aromatic heterocycles. The fourth-order valence-electron chi connectivity index (χ4n) is 7.75. The topological polar surface area (TPSA) is 142 Å². The monoisotopic (exact) mass is 768 g/mol. The molecular weight excluding hydrogens is 717 g/mol. The predicted molar refractivity (Wildman–Crippen MR) is 220 cm³/mol. The van der Waals surface area contributed by atoms with E-state index in [4.69, 9.17) is 24.7 Å². The van der Waals surface area contributed by atoms with E-state index in [1.54, 1.807) is 17.0 Å². The third-order valence-electron chi connectivity index (χ3n) is 10.7. The fraction of sp³-hybridized carbons (Fsp3) is 0.383. The summed E-state index contributed by atoms with van der Waals surface area (Å²) < 4.78 is 18.1. The molecule has 2 fully saturated rings. The van der Waals surface area contributed by atoms with Crippen LogP contribution in [-0.4, -0.2) is 65.5 Å². The Morgan fingerprint density at radius 1 is 0.684 bits per heavy atom. The van der Waals surface area contributed by atoms with Gasteiger partial charge < -0.3 is 24.4 Å². The standard InChI is InChI=1S/C25H26N2O4.C20H18N2O2.2CH4/c1-24(2,3)31-23(29)27-11-9-25(10-12-27)15-21(28)20-14-19(7-8-22(20)30-25)18-6-4-5-17(13-18)16-26;21-13-14-2-1-3-15(10-14)16-4-5-19-17(11-16)18(23)12-20(24-19)6-8-22-9-7-20;;/h4-8,13-14H,9-12,15H2,1-3H3;1-5,10-11,22H,6-9,12H2;2*1H4. The summed E-state index contributed by atoms with van der Waals surface area (Å²) in [6.45, 7) is 8.32. The quantitative estimate of drug-likeness (QED) is 0.211. The summed E-state index contributed by atoms with van der Waals surface area (Å²) in [5.41, 5.74) is 4.60. The minimum atomic E-state index is -0.579. The van der Waals surface area contributed by atoms with Gasteiger partial charge in [-0.05, 0) is 105 Å². The highest BCUT2D eigenvalue weighted by atomic mass is 16.6. The Hall–Kier alpha value is -5.97. The molecule has 10 nitrogen and oxygen atoms in total. The van der Waals surface area contributed by atoms with Gasteiger partial charge in [0.05, 0.1) is 47.2 Å². The summed E-state index contributed by atoms with van der Waals surface area (Å²) in [7, 11) is 0. The summed E-state index contributed by atoms with van der Waals surface area (Å²) in [5, 5.41) is 21.5. The number of ether oxygens (including phenoxy) is 3. The molecule has 2 spiro atoms. The molecule has 0 bridgehead atoms. The van der Waals surface area contributed by atoms with E-state index in [2.05, 4.69) is 17.5 Å². The largest absolute Gasteiger partial charge is 0.486 e. The number of likely N-dealkylation sites (tertiary alicyclic amines) is 1. The third kappa shape index (κ3) is 9.36. The number of nitriles is 2. The first-order valence-electron chi connectivity index (χ1n) is 18.8.